The summed E-state index contributed by atoms with van der Waals surface area (Å²) in [7, 11) is 0. The van der Waals surface area contributed by atoms with Crippen molar-refractivity contribution in [1.29, 1.82) is 0 Å². The van der Waals surface area contributed by atoms with Crippen molar-refractivity contribution in [3.8, 4) is 0 Å². The zero-order valence-electron chi connectivity index (χ0n) is 12.3. The summed E-state index contributed by atoms with van der Waals surface area (Å²) < 4.78 is 0.277. The second kappa shape index (κ2) is 9.93. The van der Waals surface area contributed by atoms with Crippen LogP contribution in [0, 0.1) is 14.9 Å². The molecule has 1 heterocycles. The van der Waals surface area contributed by atoms with Gasteiger partial charge in [0.05, 0.1) is 4.91 Å². The number of hydrogen-bond donors (Lipinski definition) is 0. The average molecular weight is 332 g/mol. The van der Waals surface area contributed by atoms with Crippen molar-refractivity contribution in [3.63, 3.8) is 0 Å². The molecule has 6 heteroatoms. The Kier molecular flexibility index (Phi) is 10.6. The summed E-state index contributed by atoms with van der Waals surface area (Å²) in [6.45, 7) is 1.92. The first kappa shape index (κ1) is 22.4. The third-order valence-electron chi connectivity index (χ3n) is 2.35. The van der Waals surface area contributed by atoms with E-state index in [1.807, 2.05) is 43.3 Å². The number of nitrogens with zero attached hydrogens (tertiary/aromatic N) is 1. The molecule has 0 atom stereocenters. The average Bonchev–Trinajstić information content (AvgIpc) is 2.58. The molecule has 0 radical (unpaired) electrons. The minimum atomic E-state index is -0.356. The molecule has 0 spiro atoms. The maximum atomic E-state index is 11.6. The maximum Gasteiger partial charge on any atom is 3.00 e. The zero-order valence-corrected chi connectivity index (χ0v) is 15.1. The SMILES string of the molecule is CC(/C=C1\SC(=S)N([NH-])C1=O)=C\c1ccccc1.[Al+3].[CH3-].[CH3-]. The first-order valence-electron chi connectivity index (χ1n) is 5.30. The summed E-state index contributed by atoms with van der Waals surface area (Å²) in [6.07, 6.45) is 3.75. The van der Waals surface area contributed by atoms with Gasteiger partial charge in [-0.1, -0.05) is 60.4 Å². The van der Waals surface area contributed by atoms with Crippen LogP contribution in [0.25, 0.3) is 11.9 Å². The molecule has 1 aliphatic heterocycles. The molecule has 1 saturated heterocycles. The minimum absolute atomic E-state index is 0. The van der Waals surface area contributed by atoms with Crippen molar-refractivity contribution in [3.05, 3.63) is 73.1 Å². The van der Waals surface area contributed by atoms with Crippen LogP contribution < -0.4 is 0 Å². The van der Waals surface area contributed by atoms with Crippen LogP contribution in [0.5, 0.6) is 0 Å². The number of carbonyl (C=O) groups is 1. The second-order valence-electron chi connectivity index (χ2n) is 3.82. The van der Waals surface area contributed by atoms with Crippen molar-refractivity contribution in [2.45, 2.75) is 6.92 Å². The van der Waals surface area contributed by atoms with Crippen molar-refractivity contribution < 1.29 is 4.79 Å². The van der Waals surface area contributed by atoms with Gasteiger partial charge in [0.1, 0.15) is 4.32 Å². The van der Waals surface area contributed by atoms with E-state index in [4.69, 9.17) is 18.1 Å². The molecule has 3 nitrogen and oxygen atoms in total. The Morgan fingerprint density at radius 3 is 2.33 bits per heavy atom. The quantitative estimate of drug-likeness (QED) is 0.351. The molecular weight excluding hydrogens is 315 g/mol. The molecular formula is C15H17AlN2OS2. The molecule has 108 valence electrons. The molecule has 0 aromatic heterocycles. The number of hydrogen-bond acceptors (Lipinski definition) is 3. The summed E-state index contributed by atoms with van der Waals surface area (Å²) in [4.78, 5) is 12.1. The molecule has 1 aromatic carbocycles. The largest absolute Gasteiger partial charge is 3.00 e. The molecule has 0 aliphatic carbocycles. The fraction of sp³-hybridized carbons (Fsp3) is 0.0667. The Morgan fingerprint density at radius 2 is 1.86 bits per heavy atom. The van der Waals surface area contributed by atoms with E-state index >= 15 is 0 Å². The number of allylic oxidation sites excluding steroid dienone is 2. The Hall–Kier alpha value is -0.898. The van der Waals surface area contributed by atoms with E-state index in [2.05, 4.69) is 0 Å². The van der Waals surface area contributed by atoms with Crippen molar-refractivity contribution >= 4 is 57.6 Å². The molecule has 2 rings (SSSR count). The van der Waals surface area contributed by atoms with Crippen LogP contribution in [0.2, 0.25) is 0 Å². The molecule has 1 fully saturated rings. The first-order valence-corrected chi connectivity index (χ1v) is 6.53. The Balaban J connectivity index is 0. The Labute approximate surface area is 147 Å². The van der Waals surface area contributed by atoms with E-state index in [1.54, 1.807) is 6.08 Å². The van der Waals surface area contributed by atoms with Gasteiger partial charge in [0.25, 0.3) is 0 Å². The molecule has 0 bridgehead atoms. The molecule has 1 aliphatic rings. The smallest absolute Gasteiger partial charge is 0.575 e. The van der Waals surface area contributed by atoms with Crippen LogP contribution in [-0.4, -0.2) is 32.6 Å². The standard InChI is InChI=1S/C13H11N2OS2.2CH3.Al/c1-9(7-10-5-3-2-4-6-10)8-11-12(16)15(14)13(17)18-11;;;/h2-8,14H,1H3;2*1H3;/q3*-1;+3/b9-7+,11-8-;;;. The van der Waals surface area contributed by atoms with Gasteiger partial charge in [-0.2, -0.15) is 0 Å². The number of amides is 1. The Morgan fingerprint density at radius 1 is 1.29 bits per heavy atom. The van der Waals surface area contributed by atoms with Gasteiger partial charge >= 0.3 is 17.4 Å². The fourth-order valence-electron chi connectivity index (χ4n) is 1.53. The molecule has 1 amide bonds. The monoisotopic (exact) mass is 332 g/mol. The number of rotatable bonds is 2. The normalized spacial score (nSPS) is 16.2. The van der Waals surface area contributed by atoms with Gasteiger partial charge in [-0.15, -0.1) is 0 Å². The van der Waals surface area contributed by atoms with Crippen molar-refractivity contribution in [1.82, 2.24) is 5.01 Å². The predicted octanol–water partition coefficient (Wildman–Crippen LogP) is 4.32. The molecule has 0 unspecified atom stereocenters. The Bertz CT molecular complexity index is 556. The number of thioether (sulfide) groups is 1. The predicted molar refractivity (Wildman–Crippen MR) is 98.1 cm³/mol. The first-order chi connectivity index (χ1) is 8.58. The van der Waals surface area contributed by atoms with E-state index in [9.17, 15) is 4.79 Å². The minimum Gasteiger partial charge on any atom is -0.575 e. The van der Waals surface area contributed by atoms with Crippen LogP contribution in [0.15, 0.2) is 46.9 Å². The van der Waals surface area contributed by atoms with Gasteiger partial charge in [-0.25, -0.2) is 0 Å². The van der Waals surface area contributed by atoms with Crippen LogP contribution in [-0.2, 0) is 4.79 Å². The summed E-state index contributed by atoms with van der Waals surface area (Å²) in [5.74, 6) is 7.05. The molecule has 1 aromatic rings. The van der Waals surface area contributed by atoms with Gasteiger partial charge in [-0.05, 0) is 24.1 Å². The third-order valence-corrected chi connectivity index (χ3v) is 3.65. The van der Waals surface area contributed by atoms with Gasteiger partial charge in [0, 0.05) is 0 Å². The number of carbonyl (C=O) groups excluding carboxylic acids is 1. The summed E-state index contributed by atoms with van der Waals surface area (Å²) in [6, 6.07) is 9.86. The number of benzene rings is 1. The zero-order chi connectivity index (χ0) is 13.1. The van der Waals surface area contributed by atoms with E-state index in [1.165, 1.54) is 0 Å². The van der Waals surface area contributed by atoms with Crippen LogP contribution in [0.1, 0.15) is 12.5 Å². The molecule has 0 saturated carbocycles. The molecule has 1 N–H and O–H groups in total. The van der Waals surface area contributed by atoms with Crippen LogP contribution >= 0.6 is 24.0 Å². The van der Waals surface area contributed by atoms with Gasteiger partial charge in [0.15, 0.2) is 0 Å². The van der Waals surface area contributed by atoms with Gasteiger partial charge in [0.2, 0.25) is 5.91 Å². The van der Waals surface area contributed by atoms with Gasteiger partial charge in [-0.3, -0.25) is 4.79 Å². The van der Waals surface area contributed by atoms with E-state index in [0.29, 0.717) is 4.91 Å². The second-order valence-corrected chi connectivity index (χ2v) is 5.49. The van der Waals surface area contributed by atoms with Crippen LogP contribution in [0.3, 0.4) is 0 Å². The van der Waals surface area contributed by atoms with E-state index < -0.39 is 0 Å². The van der Waals surface area contributed by atoms with Gasteiger partial charge < -0.3 is 25.7 Å². The van der Waals surface area contributed by atoms with Crippen molar-refractivity contribution in [2.24, 2.45) is 0 Å². The third kappa shape index (κ3) is 5.78. The topological polar surface area (TPSA) is 44.1 Å². The summed E-state index contributed by atoms with van der Waals surface area (Å²) in [5.41, 5.74) is 2.03. The van der Waals surface area contributed by atoms with E-state index in [-0.39, 0.29) is 42.4 Å². The van der Waals surface area contributed by atoms with Crippen molar-refractivity contribution in [2.75, 3.05) is 0 Å². The number of nitrogens with one attached hydrogen (secondary N) is 1. The van der Waals surface area contributed by atoms with E-state index in [0.717, 1.165) is 27.9 Å². The summed E-state index contributed by atoms with van der Waals surface area (Å²) in [5, 5.41) is 0.752. The molecule has 21 heavy (non-hydrogen) atoms. The number of thiocarbonyl (C=S) groups is 1. The van der Waals surface area contributed by atoms with Crippen LogP contribution in [0.4, 0.5) is 0 Å². The fourth-order valence-corrected chi connectivity index (χ4v) is 2.67. The summed E-state index contributed by atoms with van der Waals surface area (Å²) >= 11 is 6.06. The maximum absolute atomic E-state index is 11.6.